The first-order valence-electron chi connectivity index (χ1n) is 9.05. The largest absolute Gasteiger partial charge is 0.467 e. The molecule has 2 saturated heterocycles. The minimum atomic E-state index is -4.33. The summed E-state index contributed by atoms with van der Waals surface area (Å²) in [7, 11) is -2.09. The fraction of sp³-hybridized carbons (Fsp3) is 0.500. The van der Waals surface area contributed by atoms with E-state index in [4.69, 9.17) is 19.0 Å². The molecule has 1 unspecified atom stereocenters. The van der Waals surface area contributed by atoms with E-state index in [0.717, 1.165) is 24.1 Å². The van der Waals surface area contributed by atoms with E-state index in [9.17, 15) is 23.1 Å². The van der Waals surface area contributed by atoms with Crippen LogP contribution in [0.15, 0.2) is 34.3 Å². The molecule has 0 saturated carbocycles. The number of carbonyl (C=O) groups is 2. The van der Waals surface area contributed by atoms with Gasteiger partial charge in [0.1, 0.15) is 18.2 Å². The molecule has 12 heteroatoms. The number of hydrogen-bond acceptors (Lipinski definition) is 10. The van der Waals surface area contributed by atoms with Gasteiger partial charge in [-0.2, -0.15) is 0 Å². The Morgan fingerprint density at radius 2 is 1.90 bits per heavy atom. The fourth-order valence-corrected chi connectivity index (χ4v) is 5.97. The Bertz CT molecular complexity index is 1020. The van der Waals surface area contributed by atoms with E-state index in [1.807, 2.05) is 0 Å². The van der Waals surface area contributed by atoms with E-state index >= 15 is 0 Å². The van der Waals surface area contributed by atoms with Crippen molar-refractivity contribution in [1.82, 2.24) is 4.31 Å². The Morgan fingerprint density at radius 3 is 2.50 bits per heavy atom. The quantitative estimate of drug-likeness (QED) is 0.615. The Hall–Kier alpha value is -2.54. The lowest BCUT2D eigenvalue weighted by Crippen LogP contribution is -2.59. The molecule has 1 aromatic rings. The smallest absolute Gasteiger partial charge is 0.356 e. The molecule has 3 aliphatic rings. The summed E-state index contributed by atoms with van der Waals surface area (Å²) in [6.07, 6.45) is -4.18. The van der Waals surface area contributed by atoms with E-state index in [1.54, 1.807) is 19.1 Å². The zero-order valence-corrected chi connectivity index (χ0v) is 17.2. The average molecular weight is 440 g/mol. The van der Waals surface area contributed by atoms with E-state index in [-0.39, 0.29) is 17.0 Å². The highest BCUT2D eigenvalue weighted by Gasteiger charge is 2.77. The predicted molar refractivity (Wildman–Crippen MR) is 98.3 cm³/mol. The molecule has 1 N–H and O–H groups in total. The van der Waals surface area contributed by atoms with Gasteiger partial charge in [-0.1, -0.05) is 22.9 Å². The fourth-order valence-electron chi connectivity index (χ4n) is 4.22. The molecular weight excluding hydrogens is 420 g/mol. The molecule has 0 aliphatic carbocycles. The van der Waals surface area contributed by atoms with Crippen molar-refractivity contribution in [3.63, 3.8) is 0 Å². The van der Waals surface area contributed by atoms with Crippen molar-refractivity contribution in [2.45, 2.75) is 42.4 Å². The lowest BCUT2D eigenvalue weighted by atomic mass is 9.87. The summed E-state index contributed by atoms with van der Waals surface area (Å²) in [6, 6.07) is 5.99. The molecule has 11 nitrogen and oxygen atoms in total. The first-order chi connectivity index (χ1) is 14.2. The van der Waals surface area contributed by atoms with Crippen LogP contribution in [0.25, 0.3) is 0 Å². The van der Waals surface area contributed by atoms with Crippen LogP contribution in [0.1, 0.15) is 12.0 Å². The number of hydrogen-bond donors (Lipinski definition) is 1. The number of aliphatic hydroxyl groups is 1. The lowest BCUT2D eigenvalue weighted by Gasteiger charge is -2.35. The number of aliphatic hydroxyl groups excluding tert-OH is 1. The highest BCUT2D eigenvalue weighted by atomic mass is 32.2. The number of ether oxygens (including phenoxy) is 3. The Kier molecular flexibility index (Phi) is 4.84. The molecule has 4 rings (SSSR count). The second kappa shape index (κ2) is 7.01. The van der Waals surface area contributed by atoms with Gasteiger partial charge in [-0.15, -0.1) is 4.31 Å². The Labute approximate surface area is 172 Å². The molecule has 30 heavy (non-hydrogen) atoms. The van der Waals surface area contributed by atoms with Crippen LogP contribution in [0, 0.1) is 12.8 Å². The van der Waals surface area contributed by atoms with Crippen LogP contribution in [-0.2, 0) is 38.7 Å². The number of aryl methyl sites for hydroxylation is 1. The summed E-state index contributed by atoms with van der Waals surface area (Å²) in [5.74, 6) is -3.04. The van der Waals surface area contributed by atoms with E-state index < -0.39 is 52.0 Å². The summed E-state index contributed by atoms with van der Waals surface area (Å²) in [5, 5.41) is 14.4. The number of oxime groups is 1. The average Bonchev–Trinajstić information content (AvgIpc) is 3.32. The van der Waals surface area contributed by atoms with Gasteiger partial charge in [0.25, 0.3) is 0 Å². The van der Waals surface area contributed by atoms with Crippen molar-refractivity contribution < 1.29 is 42.2 Å². The Morgan fingerprint density at radius 1 is 1.23 bits per heavy atom. The van der Waals surface area contributed by atoms with Gasteiger partial charge < -0.3 is 24.2 Å². The number of nitrogens with zero attached hydrogens (tertiary/aromatic N) is 2. The van der Waals surface area contributed by atoms with E-state index in [2.05, 4.69) is 5.16 Å². The van der Waals surface area contributed by atoms with Crippen molar-refractivity contribution in [3.05, 3.63) is 29.8 Å². The maximum atomic E-state index is 13.5. The van der Waals surface area contributed by atoms with Crippen LogP contribution in [0.3, 0.4) is 0 Å². The molecule has 0 bridgehead atoms. The number of sulfonamides is 1. The number of rotatable bonds is 4. The maximum absolute atomic E-state index is 13.5. The number of carbonyl (C=O) groups excluding carboxylic acids is 2. The van der Waals surface area contributed by atoms with Crippen molar-refractivity contribution in [2.24, 2.45) is 11.1 Å². The molecular formula is C18H20N2O9S. The number of esters is 2. The highest BCUT2D eigenvalue weighted by molar-refractivity contribution is 7.89. The van der Waals surface area contributed by atoms with E-state index in [0.29, 0.717) is 0 Å². The SMILES string of the molecule is COC(=O)C1=NOC23[C@@H](C[C@H](O)N2S(=O)(=O)c2ccc(C)cc2)O[C@H](C(=O)OC)[C@H]13. The molecule has 5 atom stereocenters. The van der Waals surface area contributed by atoms with Gasteiger partial charge in [0.15, 0.2) is 11.8 Å². The van der Waals surface area contributed by atoms with Crippen LogP contribution < -0.4 is 0 Å². The zero-order chi connectivity index (χ0) is 21.8. The second-order valence-electron chi connectivity index (χ2n) is 7.19. The third-order valence-corrected chi connectivity index (χ3v) is 7.47. The molecule has 0 aromatic heterocycles. The van der Waals surface area contributed by atoms with Gasteiger partial charge >= 0.3 is 11.9 Å². The molecule has 2 fully saturated rings. The van der Waals surface area contributed by atoms with Crippen molar-refractivity contribution in [1.29, 1.82) is 0 Å². The molecule has 0 radical (unpaired) electrons. The topological polar surface area (TPSA) is 141 Å². The molecule has 1 spiro atoms. The summed E-state index contributed by atoms with van der Waals surface area (Å²) < 4.78 is 42.9. The third-order valence-electron chi connectivity index (χ3n) is 5.55. The predicted octanol–water partition coefficient (Wildman–Crippen LogP) is -0.480. The van der Waals surface area contributed by atoms with Crippen molar-refractivity contribution in [2.75, 3.05) is 14.2 Å². The summed E-state index contributed by atoms with van der Waals surface area (Å²) in [5.41, 5.74) is -1.42. The Balaban J connectivity index is 1.85. The first kappa shape index (κ1) is 20.7. The number of methoxy groups -OCH3 is 2. The molecule has 162 valence electrons. The van der Waals surface area contributed by atoms with Gasteiger partial charge in [0, 0.05) is 6.42 Å². The molecule has 3 aliphatic heterocycles. The van der Waals surface area contributed by atoms with Gasteiger partial charge in [-0.05, 0) is 19.1 Å². The molecule has 3 heterocycles. The molecule has 1 aromatic carbocycles. The standard InChI is InChI=1S/C18H20N2O9S/c1-9-4-6-10(7-5-9)30(24,25)20-12(21)8-11-18(20)13(15(28-11)17(23)27-3)14(19-29-18)16(22)26-2/h4-7,11-13,15,21H,8H2,1-3H3/t11-,12+,13+,15+,18?/m1/s1. The van der Waals surface area contributed by atoms with Crippen LogP contribution in [0.4, 0.5) is 0 Å². The first-order valence-corrected chi connectivity index (χ1v) is 10.5. The van der Waals surface area contributed by atoms with Crippen LogP contribution in [-0.4, -0.2) is 73.9 Å². The molecule has 0 amide bonds. The monoisotopic (exact) mass is 440 g/mol. The van der Waals surface area contributed by atoms with Gasteiger partial charge in [0.05, 0.1) is 19.1 Å². The third kappa shape index (κ3) is 2.68. The number of benzene rings is 1. The zero-order valence-electron chi connectivity index (χ0n) is 16.3. The summed E-state index contributed by atoms with van der Waals surface area (Å²) in [6.45, 7) is 1.80. The highest BCUT2D eigenvalue weighted by Crippen LogP contribution is 2.54. The maximum Gasteiger partial charge on any atom is 0.356 e. The van der Waals surface area contributed by atoms with Gasteiger partial charge in [-0.3, -0.25) is 0 Å². The van der Waals surface area contributed by atoms with E-state index in [1.165, 1.54) is 12.1 Å². The van der Waals surface area contributed by atoms with Gasteiger partial charge in [-0.25, -0.2) is 18.0 Å². The summed E-state index contributed by atoms with van der Waals surface area (Å²) >= 11 is 0. The lowest BCUT2D eigenvalue weighted by molar-refractivity contribution is -0.154. The van der Waals surface area contributed by atoms with Crippen LogP contribution in [0.5, 0.6) is 0 Å². The van der Waals surface area contributed by atoms with Gasteiger partial charge in [0.2, 0.25) is 15.7 Å². The van der Waals surface area contributed by atoms with Crippen molar-refractivity contribution >= 4 is 27.7 Å². The minimum absolute atomic E-state index is 0.0995. The van der Waals surface area contributed by atoms with Crippen molar-refractivity contribution in [3.8, 4) is 0 Å². The summed E-state index contributed by atoms with van der Waals surface area (Å²) in [4.78, 5) is 30.0. The van der Waals surface area contributed by atoms with Crippen LogP contribution in [0.2, 0.25) is 0 Å². The minimum Gasteiger partial charge on any atom is -0.467 e. The van der Waals surface area contributed by atoms with Crippen LogP contribution >= 0.6 is 0 Å². The normalized spacial score (nSPS) is 32.7. The second-order valence-corrected chi connectivity index (χ2v) is 9.00.